The summed E-state index contributed by atoms with van der Waals surface area (Å²) in [7, 11) is 0. The third-order valence-electron chi connectivity index (χ3n) is 11.9. The number of nitrogens with two attached hydrogens (primary N) is 1. The number of carbonyl (C=O) groups is 1. The van der Waals surface area contributed by atoms with Gasteiger partial charge in [-0.3, -0.25) is 0 Å². The molecule has 0 bridgehead atoms. The van der Waals surface area contributed by atoms with Gasteiger partial charge in [0.25, 0.3) is 0 Å². The highest BCUT2D eigenvalue weighted by atomic mass is 16.1. The average Bonchev–Trinajstić information content (AvgIpc) is 3.20. The molecule has 3 fully saturated rings. The Labute approximate surface area is 223 Å². The van der Waals surface area contributed by atoms with Crippen molar-refractivity contribution in [2.45, 2.75) is 137 Å². The molecule has 0 saturated heterocycles. The van der Waals surface area contributed by atoms with E-state index in [2.05, 4.69) is 46.0 Å². The van der Waals surface area contributed by atoms with Crippen molar-refractivity contribution in [3.05, 3.63) is 11.6 Å². The molecule has 0 aromatic rings. The van der Waals surface area contributed by atoms with Crippen molar-refractivity contribution in [1.29, 1.82) is 0 Å². The van der Waals surface area contributed by atoms with Gasteiger partial charge in [0.1, 0.15) is 6.29 Å². The summed E-state index contributed by atoms with van der Waals surface area (Å²) in [5, 5.41) is 3.72. The van der Waals surface area contributed by atoms with Gasteiger partial charge in [-0.25, -0.2) is 0 Å². The molecule has 0 aliphatic heterocycles. The van der Waals surface area contributed by atoms with Gasteiger partial charge in [-0.2, -0.15) is 0 Å². The van der Waals surface area contributed by atoms with Gasteiger partial charge in [0.2, 0.25) is 0 Å². The molecule has 4 aliphatic rings. The van der Waals surface area contributed by atoms with E-state index in [9.17, 15) is 4.79 Å². The van der Waals surface area contributed by atoms with Gasteiger partial charge in [-0.05, 0) is 117 Å². The predicted molar refractivity (Wildman–Crippen MR) is 153 cm³/mol. The van der Waals surface area contributed by atoms with Crippen LogP contribution in [0.5, 0.6) is 0 Å². The van der Waals surface area contributed by atoms with E-state index >= 15 is 0 Å². The maximum Gasteiger partial charge on any atom is 0.136 e. The summed E-state index contributed by atoms with van der Waals surface area (Å²) >= 11 is 0. The van der Waals surface area contributed by atoms with Gasteiger partial charge in [-0.15, -0.1) is 0 Å². The van der Waals surface area contributed by atoms with Crippen molar-refractivity contribution < 1.29 is 4.79 Å². The number of rotatable bonds is 12. The zero-order valence-electron chi connectivity index (χ0n) is 24.4. The Balaban J connectivity index is 1.40. The van der Waals surface area contributed by atoms with Crippen LogP contribution in [0.25, 0.3) is 0 Å². The number of hydrogen-bond donors (Lipinski definition) is 2. The number of allylic oxidation sites excluding steroid dienone is 1. The first kappa shape index (κ1) is 28.3. The minimum absolute atomic E-state index is 0.00353. The van der Waals surface area contributed by atoms with Crippen LogP contribution in [-0.2, 0) is 4.79 Å². The van der Waals surface area contributed by atoms with Gasteiger partial charge in [0.15, 0.2) is 0 Å². The van der Waals surface area contributed by atoms with Gasteiger partial charge in [0, 0.05) is 6.04 Å². The van der Waals surface area contributed by atoms with E-state index in [0.29, 0.717) is 16.9 Å². The zero-order valence-corrected chi connectivity index (χ0v) is 24.4. The molecule has 1 unspecified atom stereocenters. The summed E-state index contributed by atoms with van der Waals surface area (Å²) in [6.07, 6.45) is 21.9. The van der Waals surface area contributed by atoms with Crippen molar-refractivity contribution in [3.63, 3.8) is 0 Å². The molecule has 36 heavy (non-hydrogen) atoms. The number of nitrogens with one attached hydrogen (secondary N) is 1. The zero-order chi connectivity index (χ0) is 25.9. The molecule has 3 N–H and O–H groups in total. The number of fused-ring (bicyclic) bond motifs is 5. The Morgan fingerprint density at radius 1 is 1.00 bits per heavy atom. The quantitative estimate of drug-likeness (QED) is 0.165. The maximum absolute atomic E-state index is 11.7. The molecule has 0 amide bonds. The molecule has 0 radical (unpaired) electrons. The van der Waals surface area contributed by atoms with E-state index in [1.54, 1.807) is 5.57 Å². The van der Waals surface area contributed by atoms with Crippen LogP contribution < -0.4 is 11.1 Å². The van der Waals surface area contributed by atoms with Crippen molar-refractivity contribution in [3.8, 4) is 0 Å². The van der Waals surface area contributed by atoms with Crippen LogP contribution >= 0.6 is 0 Å². The molecule has 0 spiro atoms. The van der Waals surface area contributed by atoms with E-state index in [1.165, 1.54) is 64.2 Å². The molecule has 9 atom stereocenters. The molecule has 0 heterocycles. The van der Waals surface area contributed by atoms with Gasteiger partial charge in [-0.1, -0.05) is 72.0 Å². The van der Waals surface area contributed by atoms with Crippen LogP contribution in [0.15, 0.2) is 11.6 Å². The lowest BCUT2D eigenvalue weighted by Crippen LogP contribution is -2.52. The van der Waals surface area contributed by atoms with Crippen LogP contribution in [0.3, 0.4) is 0 Å². The summed E-state index contributed by atoms with van der Waals surface area (Å²) in [5.41, 5.74) is 8.34. The summed E-state index contributed by atoms with van der Waals surface area (Å²) < 4.78 is 0. The standard InChI is InChI=1S/C33H58N2O/c1-23(2)9-8-10-24(3)29-14-15-30-28-13-12-25-21-26(35-27(22-36)11-6-7-20-34)16-18-32(25,4)31(28)17-19-33(29,30)5/h12,22-24,26-31,35H,6-11,13-21,34H2,1-5H3/t24-,26+,27?,28+,29-,30+,31+,32+,33-/m1/s1. The van der Waals surface area contributed by atoms with Crippen LogP contribution in [0, 0.1) is 46.3 Å². The maximum atomic E-state index is 11.7. The lowest BCUT2D eigenvalue weighted by Gasteiger charge is -2.58. The third-order valence-corrected chi connectivity index (χ3v) is 11.9. The van der Waals surface area contributed by atoms with Gasteiger partial charge < -0.3 is 15.8 Å². The molecule has 3 nitrogen and oxygen atoms in total. The fourth-order valence-corrected chi connectivity index (χ4v) is 9.83. The number of hydrogen-bond acceptors (Lipinski definition) is 3. The molecule has 4 rings (SSSR count). The Morgan fingerprint density at radius 2 is 1.81 bits per heavy atom. The smallest absolute Gasteiger partial charge is 0.136 e. The second-order valence-corrected chi connectivity index (χ2v) is 14.4. The first-order chi connectivity index (χ1) is 17.2. The molecule has 3 saturated carbocycles. The number of carbonyl (C=O) groups excluding carboxylic acids is 1. The van der Waals surface area contributed by atoms with Crippen LogP contribution in [0.2, 0.25) is 0 Å². The second-order valence-electron chi connectivity index (χ2n) is 14.4. The van der Waals surface area contributed by atoms with E-state index in [4.69, 9.17) is 5.73 Å². The largest absolute Gasteiger partial charge is 0.330 e. The van der Waals surface area contributed by atoms with Gasteiger partial charge >= 0.3 is 0 Å². The first-order valence-corrected chi connectivity index (χ1v) is 15.8. The molecular formula is C33H58N2O. The normalized spacial score (nSPS) is 39.6. The van der Waals surface area contributed by atoms with Crippen LogP contribution in [0.1, 0.15) is 125 Å². The van der Waals surface area contributed by atoms with Crippen LogP contribution in [-0.4, -0.2) is 24.9 Å². The van der Waals surface area contributed by atoms with E-state index < -0.39 is 0 Å². The summed E-state index contributed by atoms with van der Waals surface area (Å²) in [6.45, 7) is 13.4. The Kier molecular flexibility index (Phi) is 9.46. The summed E-state index contributed by atoms with van der Waals surface area (Å²) in [5.74, 6) is 5.37. The van der Waals surface area contributed by atoms with Crippen molar-refractivity contribution in [2.75, 3.05) is 6.54 Å². The van der Waals surface area contributed by atoms with Crippen molar-refractivity contribution in [2.24, 2.45) is 52.1 Å². The highest BCUT2D eigenvalue weighted by Gasteiger charge is 2.59. The summed E-state index contributed by atoms with van der Waals surface area (Å²) in [4.78, 5) is 11.7. The van der Waals surface area contributed by atoms with Crippen molar-refractivity contribution >= 4 is 6.29 Å². The summed E-state index contributed by atoms with van der Waals surface area (Å²) in [6, 6.07) is 0.460. The minimum Gasteiger partial charge on any atom is -0.330 e. The van der Waals surface area contributed by atoms with Crippen molar-refractivity contribution in [1.82, 2.24) is 5.32 Å². The second kappa shape index (κ2) is 12.0. The first-order valence-electron chi connectivity index (χ1n) is 15.8. The van der Waals surface area contributed by atoms with Gasteiger partial charge in [0.05, 0.1) is 6.04 Å². The number of unbranched alkanes of at least 4 members (excludes halogenated alkanes) is 1. The average molecular weight is 499 g/mol. The van der Waals surface area contributed by atoms with E-state index in [-0.39, 0.29) is 6.04 Å². The predicted octanol–water partition coefficient (Wildman–Crippen LogP) is 7.68. The minimum atomic E-state index is -0.00353. The topological polar surface area (TPSA) is 55.1 Å². The molecule has 4 aliphatic carbocycles. The molecule has 206 valence electrons. The lowest BCUT2D eigenvalue weighted by atomic mass is 9.47. The highest BCUT2D eigenvalue weighted by molar-refractivity contribution is 5.57. The third kappa shape index (κ3) is 5.68. The lowest BCUT2D eigenvalue weighted by molar-refractivity contribution is -0.110. The molecular weight excluding hydrogens is 440 g/mol. The fraction of sp³-hybridized carbons (Fsp3) is 0.909. The van der Waals surface area contributed by atoms with E-state index in [1.807, 2.05) is 0 Å². The molecule has 0 aromatic carbocycles. The SMILES string of the molecule is CC(C)CCC[C@@H](C)[C@H]1CC[C@H]2[C@@H]3CC=C4C[C@@H](NC(C=O)CCCCN)CC[C@]4(C)[C@H]3CC[C@]12C. The fourth-order valence-electron chi connectivity index (χ4n) is 9.83. The van der Waals surface area contributed by atoms with Crippen LogP contribution in [0.4, 0.5) is 0 Å². The number of aldehydes is 1. The Hall–Kier alpha value is -0.670. The Morgan fingerprint density at radius 3 is 2.53 bits per heavy atom. The monoisotopic (exact) mass is 498 g/mol. The van der Waals surface area contributed by atoms with E-state index in [0.717, 1.165) is 74.0 Å². The highest BCUT2D eigenvalue weighted by Crippen LogP contribution is 2.67. The molecule has 0 aromatic heterocycles. The molecule has 3 heteroatoms. The Bertz CT molecular complexity index is 761.